The van der Waals surface area contributed by atoms with Gasteiger partial charge in [0.05, 0.1) is 0 Å². The fourth-order valence-electron chi connectivity index (χ4n) is 2.30. The molecular weight excluding hydrogens is 242 g/mol. The molecule has 0 radical (unpaired) electrons. The summed E-state index contributed by atoms with van der Waals surface area (Å²) in [5.74, 6) is 0. The third-order valence-electron chi connectivity index (χ3n) is 3.33. The zero-order valence-corrected chi connectivity index (χ0v) is 12.1. The minimum absolute atomic E-state index is 0.234. The maximum atomic E-state index is 5.86. The van der Waals surface area contributed by atoms with E-state index in [0.29, 0.717) is 0 Å². The van der Waals surface area contributed by atoms with Crippen LogP contribution >= 0.6 is 11.8 Å². The van der Waals surface area contributed by atoms with Gasteiger partial charge in [0, 0.05) is 29.4 Å². The van der Waals surface area contributed by atoms with Gasteiger partial charge >= 0.3 is 0 Å². The van der Waals surface area contributed by atoms with Gasteiger partial charge in [0.15, 0.2) is 0 Å². The molecule has 0 saturated carbocycles. The topological polar surface area (TPSA) is 35.2 Å². The van der Waals surface area contributed by atoms with Crippen molar-refractivity contribution in [3.63, 3.8) is 0 Å². The zero-order valence-electron chi connectivity index (χ0n) is 11.3. The van der Waals surface area contributed by atoms with Crippen molar-refractivity contribution >= 4 is 11.8 Å². The quantitative estimate of drug-likeness (QED) is 0.908. The molecule has 0 spiro atoms. The number of aryl methyl sites for hydroxylation is 1. The summed E-state index contributed by atoms with van der Waals surface area (Å²) >= 11 is 2.00. The zero-order chi connectivity index (χ0) is 13.0. The van der Waals surface area contributed by atoms with Gasteiger partial charge in [0.25, 0.3) is 0 Å². The first-order valence-electron chi connectivity index (χ1n) is 6.74. The molecule has 1 heterocycles. The molecule has 1 atom stereocenters. The Morgan fingerprint density at radius 3 is 2.72 bits per heavy atom. The average Bonchev–Trinajstić information content (AvgIpc) is 2.33. The highest BCUT2D eigenvalue weighted by atomic mass is 32.2. The van der Waals surface area contributed by atoms with Crippen LogP contribution in [0.25, 0.3) is 0 Å². The van der Waals surface area contributed by atoms with Crippen LogP contribution in [0.4, 0.5) is 0 Å². The van der Waals surface area contributed by atoms with E-state index in [1.165, 1.54) is 28.9 Å². The first-order chi connectivity index (χ1) is 8.65. The number of rotatable bonds is 4. The molecule has 1 fully saturated rings. The molecule has 1 aliphatic heterocycles. The lowest BCUT2D eigenvalue weighted by Crippen LogP contribution is -2.18. The van der Waals surface area contributed by atoms with Gasteiger partial charge in [0.1, 0.15) is 0 Å². The third kappa shape index (κ3) is 4.01. The lowest BCUT2D eigenvalue weighted by atomic mass is 10.0. The number of ether oxygens (including phenoxy) is 1. The SMILES string of the molecule is Cc1cc(SC2CCOCC2)ccc1CC(C)N. The van der Waals surface area contributed by atoms with Gasteiger partial charge in [-0.3, -0.25) is 0 Å². The molecule has 0 amide bonds. The van der Waals surface area contributed by atoms with Crippen LogP contribution in [0, 0.1) is 6.92 Å². The van der Waals surface area contributed by atoms with Crippen molar-refractivity contribution in [2.24, 2.45) is 5.73 Å². The van der Waals surface area contributed by atoms with E-state index in [1.807, 2.05) is 11.8 Å². The minimum atomic E-state index is 0.234. The fourth-order valence-corrected chi connectivity index (χ4v) is 3.51. The average molecular weight is 265 g/mol. The Bertz CT molecular complexity index is 386. The van der Waals surface area contributed by atoms with E-state index in [4.69, 9.17) is 10.5 Å². The molecule has 1 aromatic rings. The molecule has 3 heteroatoms. The fraction of sp³-hybridized carbons (Fsp3) is 0.600. The Kier molecular flexibility index (Phi) is 5.10. The number of hydrogen-bond acceptors (Lipinski definition) is 3. The first-order valence-corrected chi connectivity index (χ1v) is 7.62. The summed E-state index contributed by atoms with van der Waals surface area (Å²) in [6.07, 6.45) is 3.31. The summed E-state index contributed by atoms with van der Waals surface area (Å²) in [7, 11) is 0. The normalized spacial score (nSPS) is 18.8. The first kappa shape index (κ1) is 13.9. The van der Waals surface area contributed by atoms with Crippen LogP contribution in [0.15, 0.2) is 23.1 Å². The van der Waals surface area contributed by atoms with Crippen LogP contribution in [0.1, 0.15) is 30.9 Å². The van der Waals surface area contributed by atoms with Crippen LogP contribution in [-0.4, -0.2) is 24.5 Å². The summed E-state index contributed by atoms with van der Waals surface area (Å²) < 4.78 is 5.40. The maximum absolute atomic E-state index is 5.86. The van der Waals surface area contributed by atoms with Gasteiger partial charge in [-0.1, -0.05) is 6.07 Å². The molecule has 0 bridgehead atoms. The van der Waals surface area contributed by atoms with Gasteiger partial charge in [-0.15, -0.1) is 11.8 Å². The predicted octanol–water partition coefficient (Wildman–Crippen LogP) is 3.16. The van der Waals surface area contributed by atoms with E-state index in [0.717, 1.165) is 24.9 Å². The molecule has 2 N–H and O–H groups in total. The lowest BCUT2D eigenvalue weighted by Gasteiger charge is -2.21. The van der Waals surface area contributed by atoms with Gasteiger partial charge in [-0.25, -0.2) is 0 Å². The van der Waals surface area contributed by atoms with Crippen molar-refractivity contribution in [1.82, 2.24) is 0 Å². The highest BCUT2D eigenvalue weighted by Gasteiger charge is 2.15. The highest BCUT2D eigenvalue weighted by Crippen LogP contribution is 2.30. The molecule has 1 unspecified atom stereocenters. The second-order valence-corrected chi connectivity index (χ2v) is 6.57. The van der Waals surface area contributed by atoms with Crippen molar-refractivity contribution < 1.29 is 4.74 Å². The van der Waals surface area contributed by atoms with Crippen molar-refractivity contribution in [2.45, 2.75) is 49.3 Å². The van der Waals surface area contributed by atoms with Gasteiger partial charge in [0.2, 0.25) is 0 Å². The Morgan fingerprint density at radius 2 is 2.11 bits per heavy atom. The van der Waals surface area contributed by atoms with E-state index in [1.54, 1.807) is 0 Å². The summed E-state index contributed by atoms with van der Waals surface area (Å²) in [6, 6.07) is 7.01. The molecule has 0 aromatic heterocycles. The second kappa shape index (κ2) is 6.60. The van der Waals surface area contributed by atoms with Crippen molar-refractivity contribution in [2.75, 3.05) is 13.2 Å². The Morgan fingerprint density at radius 1 is 1.39 bits per heavy atom. The van der Waals surface area contributed by atoms with Crippen LogP contribution in [0.5, 0.6) is 0 Å². The van der Waals surface area contributed by atoms with Gasteiger partial charge in [-0.05, 0) is 56.4 Å². The molecule has 2 rings (SSSR count). The summed E-state index contributed by atoms with van der Waals surface area (Å²) in [5.41, 5.74) is 8.60. The standard InChI is InChI=1S/C15H23NOS/c1-11-9-15(4-3-13(11)10-12(2)16)18-14-5-7-17-8-6-14/h3-4,9,12,14H,5-8,10,16H2,1-2H3. The van der Waals surface area contributed by atoms with E-state index >= 15 is 0 Å². The minimum Gasteiger partial charge on any atom is -0.381 e. The van der Waals surface area contributed by atoms with Crippen LogP contribution < -0.4 is 5.73 Å². The summed E-state index contributed by atoms with van der Waals surface area (Å²) in [4.78, 5) is 1.38. The van der Waals surface area contributed by atoms with E-state index in [-0.39, 0.29) is 6.04 Å². The second-order valence-electron chi connectivity index (χ2n) is 5.20. The Hall–Kier alpha value is -0.510. The molecule has 1 aliphatic rings. The molecule has 100 valence electrons. The van der Waals surface area contributed by atoms with E-state index < -0.39 is 0 Å². The number of benzene rings is 1. The molecular formula is C15H23NOS. The van der Waals surface area contributed by atoms with Gasteiger partial charge in [-0.2, -0.15) is 0 Å². The van der Waals surface area contributed by atoms with E-state index in [9.17, 15) is 0 Å². The van der Waals surface area contributed by atoms with Crippen LogP contribution in [0.2, 0.25) is 0 Å². The predicted molar refractivity (Wildman–Crippen MR) is 78.2 cm³/mol. The molecule has 1 aromatic carbocycles. The molecule has 18 heavy (non-hydrogen) atoms. The van der Waals surface area contributed by atoms with E-state index in [2.05, 4.69) is 32.0 Å². The molecule has 2 nitrogen and oxygen atoms in total. The summed E-state index contributed by atoms with van der Waals surface area (Å²) in [5, 5.41) is 0.720. The Labute approximate surface area is 114 Å². The largest absolute Gasteiger partial charge is 0.381 e. The molecule has 1 saturated heterocycles. The highest BCUT2D eigenvalue weighted by molar-refractivity contribution is 8.00. The maximum Gasteiger partial charge on any atom is 0.0476 e. The molecule has 0 aliphatic carbocycles. The van der Waals surface area contributed by atoms with Crippen molar-refractivity contribution in [1.29, 1.82) is 0 Å². The van der Waals surface area contributed by atoms with Crippen molar-refractivity contribution in [3.05, 3.63) is 29.3 Å². The van der Waals surface area contributed by atoms with Crippen molar-refractivity contribution in [3.8, 4) is 0 Å². The number of thioether (sulfide) groups is 1. The third-order valence-corrected chi connectivity index (χ3v) is 4.66. The Balaban J connectivity index is 1.99. The van der Waals surface area contributed by atoms with Crippen LogP contribution in [-0.2, 0) is 11.2 Å². The lowest BCUT2D eigenvalue weighted by molar-refractivity contribution is 0.100. The smallest absolute Gasteiger partial charge is 0.0476 e. The van der Waals surface area contributed by atoms with Crippen LogP contribution in [0.3, 0.4) is 0 Å². The monoisotopic (exact) mass is 265 g/mol. The summed E-state index contributed by atoms with van der Waals surface area (Å²) in [6.45, 7) is 6.08. The van der Waals surface area contributed by atoms with Gasteiger partial charge < -0.3 is 10.5 Å². The number of hydrogen-bond donors (Lipinski definition) is 1. The number of nitrogens with two attached hydrogens (primary N) is 1.